The molecular formula is C25H26N4O2. The van der Waals surface area contributed by atoms with E-state index in [2.05, 4.69) is 10.1 Å². The van der Waals surface area contributed by atoms with E-state index in [4.69, 9.17) is 4.52 Å². The van der Waals surface area contributed by atoms with Gasteiger partial charge in [0.25, 0.3) is 5.91 Å². The topological polar surface area (TPSA) is 64.2 Å². The molecule has 0 atom stereocenters. The Balaban J connectivity index is 1.38. The van der Waals surface area contributed by atoms with Crippen molar-refractivity contribution in [3.8, 4) is 17.1 Å². The molecule has 0 unspecified atom stereocenters. The van der Waals surface area contributed by atoms with E-state index in [0.717, 1.165) is 47.1 Å². The van der Waals surface area contributed by atoms with Crippen LogP contribution in [0.5, 0.6) is 0 Å². The molecule has 4 aromatic rings. The monoisotopic (exact) mass is 414 g/mol. The van der Waals surface area contributed by atoms with Crippen LogP contribution in [0.15, 0.2) is 71.4 Å². The molecule has 0 aliphatic rings. The normalized spacial score (nSPS) is 10.9. The summed E-state index contributed by atoms with van der Waals surface area (Å²) in [5.74, 6) is 1.66. The predicted molar refractivity (Wildman–Crippen MR) is 120 cm³/mol. The highest BCUT2D eigenvalue weighted by Gasteiger charge is 2.20. The van der Waals surface area contributed by atoms with E-state index < -0.39 is 0 Å². The molecule has 0 aliphatic carbocycles. The number of nitrogens with zero attached hydrogens (tertiary/aromatic N) is 4. The predicted octanol–water partition coefficient (Wildman–Crippen LogP) is 4.85. The van der Waals surface area contributed by atoms with Crippen molar-refractivity contribution in [3.63, 3.8) is 0 Å². The largest absolute Gasteiger partial charge is 0.361 e. The van der Waals surface area contributed by atoms with Crippen LogP contribution >= 0.6 is 0 Å². The van der Waals surface area contributed by atoms with Gasteiger partial charge in [-0.25, -0.2) is 4.98 Å². The summed E-state index contributed by atoms with van der Waals surface area (Å²) in [7, 11) is 1.84. The Hall–Kier alpha value is -3.67. The van der Waals surface area contributed by atoms with E-state index in [1.165, 1.54) is 0 Å². The van der Waals surface area contributed by atoms with Gasteiger partial charge in [0.15, 0.2) is 0 Å². The number of rotatable bonds is 7. The standard InChI is InChI=1S/C25H26N4O2/c1-18-16-22(19(2)29(18)24-13-7-8-14-26-24)25(30)28(3)15-9-12-21-17-23(27-31-21)20-10-5-4-6-11-20/h4-8,10-11,13-14,16-17H,9,12,15H2,1-3H3. The SMILES string of the molecule is Cc1cc(C(=O)N(C)CCCc2cc(-c3ccccc3)no2)c(C)n1-c1ccccn1. The number of benzene rings is 1. The molecule has 1 aromatic carbocycles. The van der Waals surface area contributed by atoms with Crippen molar-refractivity contribution in [1.82, 2.24) is 19.6 Å². The van der Waals surface area contributed by atoms with Crippen LogP contribution in [0.3, 0.4) is 0 Å². The molecule has 31 heavy (non-hydrogen) atoms. The number of carbonyl (C=O) groups excluding carboxylic acids is 1. The van der Waals surface area contributed by atoms with Crippen LogP contribution in [0, 0.1) is 13.8 Å². The number of aryl methyl sites for hydroxylation is 2. The summed E-state index contributed by atoms with van der Waals surface area (Å²) in [5.41, 5.74) is 4.46. The van der Waals surface area contributed by atoms with Gasteiger partial charge in [-0.15, -0.1) is 0 Å². The molecular weight excluding hydrogens is 388 g/mol. The minimum atomic E-state index is 0.0119. The molecule has 6 nitrogen and oxygen atoms in total. The first-order valence-corrected chi connectivity index (χ1v) is 10.4. The van der Waals surface area contributed by atoms with Gasteiger partial charge in [0.2, 0.25) is 0 Å². The summed E-state index contributed by atoms with van der Waals surface area (Å²) in [6, 6.07) is 19.6. The number of amides is 1. The highest BCUT2D eigenvalue weighted by Crippen LogP contribution is 2.22. The molecule has 0 N–H and O–H groups in total. The fourth-order valence-electron chi connectivity index (χ4n) is 3.79. The molecule has 1 amide bonds. The van der Waals surface area contributed by atoms with Gasteiger partial charge in [0, 0.05) is 49.2 Å². The van der Waals surface area contributed by atoms with Crippen molar-refractivity contribution in [1.29, 1.82) is 0 Å². The Morgan fingerprint density at radius 3 is 2.58 bits per heavy atom. The number of carbonyl (C=O) groups is 1. The van der Waals surface area contributed by atoms with E-state index in [1.807, 2.05) is 86.1 Å². The third-order valence-corrected chi connectivity index (χ3v) is 5.43. The van der Waals surface area contributed by atoms with Crippen molar-refractivity contribution in [2.24, 2.45) is 0 Å². The number of hydrogen-bond acceptors (Lipinski definition) is 4. The average Bonchev–Trinajstić information content (AvgIpc) is 3.38. The van der Waals surface area contributed by atoms with Crippen molar-refractivity contribution in [2.45, 2.75) is 26.7 Å². The zero-order chi connectivity index (χ0) is 21.8. The molecule has 6 heteroatoms. The average molecular weight is 415 g/mol. The maximum absolute atomic E-state index is 13.1. The van der Waals surface area contributed by atoms with Crippen molar-refractivity contribution >= 4 is 5.91 Å². The fraction of sp³-hybridized carbons (Fsp3) is 0.240. The summed E-state index contributed by atoms with van der Waals surface area (Å²) in [4.78, 5) is 19.2. The molecule has 0 saturated heterocycles. The van der Waals surface area contributed by atoms with Crippen LogP contribution in [0.1, 0.15) is 33.9 Å². The molecule has 0 bridgehead atoms. The van der Waals surface area contributed by atoms with Crippen LogP contribution in [-0.2, 0) is 6.42 Å². The van der Waals surface area contributed by atoms with Crippen LogP contribution < -0.4 is 0 Å². The lowest BCUT2D eigenvalue weighted by Gasteiger charge is -2.17. The lowest BCUT2D eigenvalue weighted by atomic mass is 10.1. The number of hydrogen-bond donors (Lipinski definition) is 0. The molecule has 0 fully saturated rings. The molecule has 158 valence electrons. The van der Waals surface area contributed by atoms with Crippen LogP contribution in [0.25, 0.3) is 17.1 Å². The van der Waals surface area contributed by atoms with Crippen LogP contribution in [-0.4, -0.2) is 39.1 Å². The quantitative estimate of drug-likeness (QED) is 0.434. The fourth-order valence-corrected chi connectivity index (χ4v) is 3.79. The van der Waals surface area contributed by atoms with Gasteiger partial charge in [0.05, 0.1) is 5.56 Å². The molecule has 4 rings (SSSR count). The van der Waals surface area contributed by atoms with Crippen LogP contribution in [0.2, 0.25) is 0 Å². The maximum atomic E-state index is 13.1. The van der Waals surface area contributed by atoms with Gasteiger partial charge in [-0.05, 0) is 38.5 Å². The van der Waals surface area contributed by atoms with E-state index in [0.29, 0.717) is 12.1 Å². The zero-order valence-electron chi connectivity index (χ0n) is 18.1. The van der Waals surface area contributed by atoms with E-state index >= 15 is 0 Å². The van der Waals surface area contributed by atoms with Crippen LogP contribution in [0.4, 0.5) is 0 Å². The summed E-state index contributed by atoms with van der Waals surface area (Å²) in [6.07, 6.45) is 3.28. The first-order valence-electron chi connectivity index (χ1n) is 10.4. The van der Waals surface area contributed by atoms with Gasteiger partial charge in [0.1, 0.15) is 17.3 Å². The Bertz CT molecular complexity index is 1160. The maximum Gasteiger partial charge on any atom is 0.255 e. The Labute approximate surface area is 182 Å². The Morgan fingerprint density at radius 2 is 1.84 bits per heavy atom. The minimum Gasteiger partial charge on any atom is -0.361 e. The van der Waals surface area contributed by atoms with Crippen molar-refractivity contribution < 1.29 is 9.32 Å². The summed E-state index contributed by atoms with van der Waals surface area (Å²) in [5, 5.41) is 4.16. The summed E-state index contributed by atoms with van der Waals surface area (Å²) < 4.78 is 7.48. The smallest absolute Gasteiger partial charge is 0.255 e. The molecule has 0 radical (unpaired) electrons. The van der Waals surface area contributed by atoms with E-state index in [1.54, 1.807) is 11.1 Å². The molecule has 3 aromatic heterocycles. The van der Waals surface area contributed by atoms with E-state index in [9.17, 15) is 4.79 Å². The Kier molecular flexibility index (Phi) is 5.98. The highest BCUT2D eigenvalue weighted by atomic mass is 16.5. The lowest BCUT2D eigenvalue weighted by molar-refractivity contribution is 0.0792. The summed E-state index contributed by atoms with van der Waals surface area (Å²) >= 11 is 0. The van der Waals surface area contributed by atoms with Gasteiger partial charge in [-0.2, -0.15) is 0 Å². The number of aromatic nitrogens is 3. The minimum absolute atomic E-state index is 0.0119. The third-order valence-electron chi connectivity index (χ3n) is 5.43. The zero-order valence-corrected chi connectivity index (χ0v) is 18.1. The molecule has 0 spiro atoms. The first-order chi connectivity index (χ1) is 15.0. The van der Waals surface area contributed by atoms with Crippen molar-refractivity contribution in [2.75, 3.05) is 13.6 Å². The third kappa shape index (κ3) is 4.43. The Morgan fingerprint density at radius 1 is 1.06 bits per heavy atom. The second-order valence-electron chi connectivity index (χ2n) is 7.68. The lowest BCUT2D eigenvalue weighted by Crippen LogP contribution is -2.28. The highest BCUT2D eigenvalue weighted by molar-refractivity contribution is 5.95. The van der Waals surface area contributed by atoms with E-state index in [-0.39, 0.29) is 5.91 Å². The first kappa shape index (κ1) is 20.6. The van der Waals surface area contributed by atoms with Gasteiger partial charge in [-0.1, -0.05) is 41.6 Å². The molecule has 0 saturated carbocycles. The molecule has 3 heterocycles. The van der Waals surface area contributed by atoms with Gasteiger partial charge in [-0.3, -0.25) is 4.79 Å². The van der Waals surface area contributed by atoms with Crippen molar-refractivity contribution in [3.05, 3.63) is 89.6 Å². The second-order valence-corrected chi connectivity index (χ2v) is 7.68. The van der Waals surface area contributed by atoms with Gasteiger partial charge < -0.3 is 14.0 Å². The molecule has 0 aliphatic heterocycles. The number of pyridine rings is 1. The van der Waals surface area contributed by atoms with Gasteiger partial charge >= 0.3 is 0 Å². The second kappa shape index (κ2) is 9.00. The summed E-state index contributed by atoms with van der Waals surface area (Å²) in [6.45, 7) is 4.59.